The molecule has 4 heterocycles. The summed E-state index contributed by atoms with van der Waals surface area (Å²) in [5.74, 6) is 0.669. The van der Waals surface area contributed by atoms with E-state index >= 15 is 0 Å². The maximum atomic E-state index is 12.5. The molecule has 1 atom stereocenters. The molecule has 1 aliphatic carbocycles. The van der Waals surface area contributed by atoms with Gasteiger partial charge in [-0.1, -0.05) is 0 Å². The summed E-state index contributed by atoms with van der Waals surface area (Å²) in [6, 6.07) is 2.51. The van der Waals surface area contributed by atoms with Crippen molar-refractivity contribution in [1.29, 1.82) is 0 Å². The van der Waals surface area contributed by atoms with Gasteiger partial charge in [0, 0.05) is 25.5 Å². The Bertz CT molecular complexity index is 1010. The highest BCUT2D eigenvalue weighted by Crippen LogP contribution is 2.33. The van der Waals surface area contributed by atoms with Crippen LogP contribution >= 0.6 is 0 Å². The van der Waals surface area contributed by atoms with Gasteiger partial charge in [-0.15, -0.1) is 0 Å². The Hall–Kier alpha value is -2.81. The van der Waals surface area contributed by atoms with E-state index in [1.165, 1.54) is 6.42 Å². The lowest BCUT2D eigenvalue weighted by atomic mass is 9.93. The van der Waals surface area contributed by atoms with Crippen LogP contribution in [0, 0.1) is 0 Å². The summed E-state index contributed by atoms with van der Waals surface area (Å²) in [6.07, 6.45) is 8.41. The molecule has 1 saturated heterocycles. The van der Waals surface area contributed by atoms with Crippen LogP contribution in [0.3, 0.4) is 0 Å². The third-order valence-electron chi connectivity index (χ3n) is 5.54. The summed E-state index contributed by atoms with van der Waals surface area (Å²) in [4.78, 5) is 30.5. The van der Waals surface area contributed by atoms with Gasteiger partial charge in [0.05, 0.1) is 18.3 Å². The first-order valence-electron chi connectivity index (χ1n) is 9.34. The molecule has 1 saturated carbocycles. The highest BCUT2D eigenvalue weighted by atomic mass is 16.5. The van der Waals surface area contributed by atoms with E-state index in [1.807, 2.05) is 11.6 Å². The minimum atomic E-state index is -0.126. The van der Waals surface area contributed by atoms with Crippen molar-refractivity contribution in [2.24, 2.45) is 0 Å². The highest BCUT2D eigenvalue weighted by Gasteiger charge is 2.34. The Morgan fingerprint density at radius 1 is 1.26 bits per heavy atom. The molecule has 5 rings (SSSR count). The Labute approximate surface area is 155 Å². The zero-order valence-corrected chi connectivity index (χ0v) is 15.1. The number of hydrogen-bond donors (Lipinski definition) is 1. The quantitative estimate of drug-likeness (QED) is 0.728. The number of nitrogens with zero attached hydrogens (tertiary/aromatic N) is 6. The molecule has 3 aromatic heterocycles. The lowest BCUT2D eigenvalue weighted by molar-refractivity contribution is -0.0121. The van der Waals surface area contributed by atoms with Crippen molar-refractivity contribution in [2.75, 3.05) is 13.1 Å². The van der Waals surface area contributed by atoms with Crippen LogP contribution in [-0.2, 0) is 0 Å². The van der Waals surface area contributed by atoms with E-state index in [-0.39, 0.29) is 17.7 Å². The average Bonchev–Trinajstić information content (AvgIpc) is 3.01. The van der Waals surface area contributed by atoms with Gasteiger partial charge in [-0.25, -0.2) is 19.6 Å². The first kappa shape index (κ1) is 16.4. The van der Waals surface area contributed by atoms with Gasteiger partial charge in [0.2, 0.25) is 0 Å². The van der Waals surface area contributed by atoms with Crippen molar-refractivity contribution in [3.8, 4) is 6.01 Å². The van der Waals surface area contributed by atoms with Crippen LogP contribution in [0.1, 0.15) is 44.1 Å². The van der Waals surface area contributed by atoms with Crippen LogP contribution in [0.5, 0.6) is 6.01 Å². The number of H-pyrrole nitrogens is 1. The van der Waals surface area contributed by atoms with E-state index in [9.17, 15) is 4.79 Å². The first-order valence-corrected chi connectivity index (χ1v) is 9.34. The Kier molecular flexibility index (Phi) is 3.89. The molecule has 0 bridgehead atoms. The molecule has 140 valence electrons. The Morgan fingerprint density at radius 3 is 2.74 bits per heavy atom. The molecule has 0 amide bonds. The number of aromatic nitrogens is 6. The van der Waals surface area contributed by atoms with E-state index in [4.69, 9.17) is 9.72 Å². The molecule has 27 heavy (non-hydrogen) atoms. The van der Waals surface area contributed by atoms with Gasteiger partial charge in [0.25, 0.3) is 5.56 Å². The van der Waals surface area contributed by atoms with Gasteiger partial charge in [-0.3, -0.25) is 9.69 Å². The summed E-state index contributed by atoms with van der Waals surface area (Å²) in [5.41, 5.74) is 0.565. The predicted molar refractivity (Wildman–Crippen MR) is 97.5 cm³/mol. The lowest BCUT2D eigenvalue weighted by Crippen LogP contribution is -2.54. The van der Waals surface area contributed by atoms with Crippen molar-refractivity contribution in [3.63, 3.8) is 0 Å². The van der Waals surface area contributed by atoms with Crippen molar-refractivity contribution in [1.82, 2.24) is 34.6 Å². The number of hydrogen-bond acceptors (Lipinski definition) is 7. The minimum absolute atomic E-state index is 0.0108. The molecule has 9 nitrogen and oxygen atoms in total. The van der Waals surface area contributed by atoms with Crippen LogP contribution in [0.4, 0.5) is 0 Å². The van der Waals surface area contributed by atoms with Gasteiger partial charge in [-0.2, -0.15) is 5.10 Å². The van der Waals surface area contributed by atoms with Crippen molar-refractivity contribution >= 4 is 11.0 Å². The minimum Gasteiger partial charge on any atom is -0.457 e. The van der Waals surface area contributed by atoms with Gasteiger partial charge >= 0.3 is 6.01 Å². The van der Waals surface area contributed by atoms with Crippen LogP contribution in [-0.4, -0.2) is 53.8 Å². The van der Waals surface area contributed by atoms with Gasteiger partial charge in [-0.05, 0) is 32.3 Å². The van der Waals surface area contributed by atoms with Crippen molar-refractivity contribution in [2.45, 2.75) is 44.4 Å². The zero-order valence-electron chi connectivity index (χ0n) is 15.1. The Morgan fingerprint density at radius 2 is 2.04 bits per heavy atom. The zero-order chi connectivity index (χ0) is 18.4. The average molecular weight is 367 g/mol. The summed E-state index contributed by atoms with van der Waals surface area (Å²) >= 11 is 0. The second kappa shape index (κ2) is 6.41. The van der Waals surface area contributed by atoms with Crippen molar-refractivity contribution in [3.05, 3.63) is 40.8 Å². The van der Waals surface area contributed by atoms with E-state index in [0.717, 1.165) is 25.9 Å². The lowest BCUT2D eigenvalue weighted by Gasteiger charge is -2.41. The first-order chi connectivity index (χ1) is 13.2. The van der Waals surface area contributed by atoms with Gasteiger partial charge < -0.3 is 9.72 Å². The molecule has 9 heteroatoms. The van der Waals surface area contributed by atoms with Crippen LogP contribution in [0.2, 0.25) is 0 Å². The third kappa shape index (κ3) is 2.87. The molecule has 1 N–H and O–H groups in total. The topological polar surface area (TPSA) is 102 Å². The number of likely N-dealkylation sites (tertiary alicyclic amines) is 1. The monoisotopic (exact) mass is 367 g/mol. The van der Waals surface area contributed by atoms with E-state index < -0.39 is 0 Å². The Balaban J connectivity index is 1.32. The highest BCUT2D eigenvalue weighted by molar-refractivity contribution is 5.73. The standard InChI is InChI=1S/C18H21N7O2/c1-11(24-9-13(10-24)27-18-19-6-3-7-20-18)15-22-16-14(17(26)23-15)8-21-25(16)12-4-2-5-12/h3,6-8,11-13H,2,4-5,9-10H2,1H3,(H,22,23,26)/t11-/m1/s1. The molecule has 2 fully saturated rings. The van der Waals surface area contributed by atoms with Crippen LogP contribution < -0.4 is 10.3 Å². The molecule has 0 radical (unpaired) electrons. The predicted octanol–water partition coefficient (Wildman–Crippen LogP) is 1.46. The normalized spacial score (nSPS) is 19.6. The van der Waals surface area contributed by atoms with E-state index in [1.54, 1.807) is 24.7 Å². The fraction of sp³-hybridized carbons (Fsp3) is 0.500. The van der Waals surface area contributed by atoms with Crippen molar-refractivity contribution < 1.29 is 4.74 Å². The fourth-order valence-electron chi connectivity index (χ4n) is 3.58. The van der Waals surface area contributed by atoms with Gasteiger partial charge in [0.1, 0.15) is 17.3 Å². The molecule has 2 aliphatic rings. The van der Waals surface area contributed by atoms with Crippen LogP contribution in [0.25, 0.3) is 11.0 Å². The van der Waals surface area contributed by atoms with Crippen LogP contribution in [0.15, 0.2) is 29.5 Å². The number of ether oxygens (including phenoxy) is 1. The molecule has 3 aromatic rings. The third-order valence-corrected chi connectivity index (χ3v) is 5.54. The number of rotatable bonds is 5. The molecular formula is C18H21N7O2. The molecule has 0 spiro atoms. The molecular weight excluding hydrogens is 346 g/mol. The largest absolute Gasteiger partial charge is 0.457 e. The smallest absolute Gasteiger partial charge is 0.316 e. The van der Waals surface area contributed by atoms with Gasteiger partial charge in [0.15, 0.2) is 5.65 Å². The summed E-state index contributed by atoms with van der Waals surface area (Å²) in [5, 5.41) is 4.96. The molecule has 1 aliphatic heterocycles. The number of aromatic amines is 1. The second-order valence-electron chi connectivity index (χ2n) is 7.26. The molecule has 0 aromatic carbocycles. The fourth-order valence-corrected chi connectivity index (χ4v) is 3.58. The maximum absolute atomic E-state index is 12.5. The van der Waals surface area contributed by atoms with E-state index in [2.05, 4.69) is 25.0 Å². The second-order valence-corrected chi connectivity index (χ2v) is 7.26. The number of fused-ring (bicyclic) bond motifs is 1. The van der Waals surface area contributed by atoms with E-state index in [0.29, 0.717) is 28.9 Å². The number of nitrogens with one attached hydrogen (secondary N) is 1. The summed E-state index contributed by atoms with van der Waals surface area (Å²) in [6.45, 7) is 3.52. The SMILES string of the molecule is C[C@H](c1nc2c(cnn2C2CCC2)c(=O)[nH]1)N1CC(Oc2ncccn2)C1. The molecule has 0 unspecified atom stereocenters. The summed E-state index contributed by atoms with van der Waals surface area (Å²) < 4.78 is 7.67. The maximum Gasteiger partial charge on any atom is 0.316 e. The summed E-state index contributed by atoms with van der Waals surface area (Å²) in [7, 11) is 0.